The van der Waals surface area contributed by atoms with Crippen LogP contribution in [0.25, 0.3) is 0 Å². The van der Waals surface area contributed by atoms with E-state index in [2.05, 4.69) is 10.0 Å². The van der Waals surface area contributed by atoms with Crippen LogP contribution in [-0.2, 0) is 14.8 Å². The molecule has 0 aromatic heterocycles. The van der Waals surface area contributed by atoms with Gasteiger partial charge in [0.25, 0.3) is 0 Å². The van der Waals surface area contributed by atoms with Gasteiger partial charge in [-0.25, -0.2) is 8.42 Å². The first-order valence-electron chi connectivity index (χ1n) is 9.99. The molecule has 1 heterocycles. The highest BCUT2D eigenvalue weighted by molar-refractivity contribution is 7.98. The molecule has 2 aromatic carbocycles. The van der Waals surface area contributed by atoms with E-state index < -0.39 is 16.1 Å². The van der Waals surface area contributed by atoms with Crippen LogP contribution in [0.5, 0.6) is 11.5 Å². The minimum atomic E-state index is -3.85. The number of aryl methyl sites for hydroxylation is 2. The average Bonchev–Trinajstić information content (AvgIpc) is 3.20. The van der Waals surface area contributed by atoms with E-state index in [9.17, 15) is 13.2 Å². The van der Waals surface area contributed by atoms with Gasteiger partial charge in [0.05, 0.1) is 10.9 Å². The van der Waals surface area contributed by atoms with Crippen molar-refractivity contribution in [2.45, 2.75) is 44.2 Å². The standard InChI is InChI=1S/C22H28N2O5S2/c1-14-5-6-15(2)21(11-14)31(26,27)24-18(9-10-30-4)22(25)23-16(3)17-7-8-19-20(12-17)29-13-28-19/h5-8,11-12,16,18,24H,9-10,13H2,1-4H3,(H,23,25). The van der Waals surface area contributed by atoms with Crippen molar-refractivity contribution in [2.75, 3.05) is 18.8 Å². The zero-order chi connectivity index (χ0) is 22.6. The quantitative estimate of drug-likeness (QED) is 0.591. The maximum atomic E-state index is 13.0. The van der Waals surface area contributed by atoms with E-state index in [0.717, 1.165) is 11.1 Å². The van der Waals surface area contributed by atoms with Crippen LogP contribution >= 0.6 is 11.8 Å². The van der Waals surface area contributed by atoms with Crippen LogP contribution in [0.2, 0.25) is 0 Å². The lowest BCUT2D eigenvalue weighted by atomic mass is 10.1. The molecule has 0 aliphatic carbocycles. The number of sulfonamides is 1. The Labute approximate surface area is 188 Å². The number of hydrogen-bond acceptors (Lipinski definition) is 6. The first-order valence-corrected chi connectivity index (χ1v) is 12.9. The topological polar surface area (TPSA) is 93.7 Å². The normalized spacial score (nSPS) is 14.8. The Morgan fingerprint density at radius 2 is 1.87 bits per heavy atom. The molecule has 168 valence electrons. The summed E-state index contributed by atoms with van der Waals surface area (Å²) in [6.07, 6.45) is 2.30. The molecule has 7 nitrogen and oxygen atoms in total. The molecule has 1 aliphatic rings. The van der Waals surface area contributed by atoms with Gasteiger partial charge in [0.2, 0.25) is 22.7 Å². The number of ether oxygens (including phenoxy) is 2. The third-order valence-corrected chi connectivity index (χ3v) is 7.37. The molecule has 0 fully saturated rings. The minimum absolute atomic E-state index is 0.177. The van der Waals surface area contributed by atoms with Crippen LogP contribution < -0.4 is 19.5 Å². The summed E-state index contributed by atoms with van der Waals surface area (Å²) in [6.45, 7) is 5.60. The minimum Gasteiger partial charge on any atom is -0.454 e. The zero-order valence-corrected chi connectivity index (χ0v) is 19.7. The molecule has 0 saturated heterocycles. The largest absolute Gasteiger partial charge is 0.454 e. The Bertz CT molecular complexity index is 1060. The van der Waals surface area contributed by atoms with Gasteiger partial charge in [-0.1, -0.05) is 18.2 Å². The second kappa shape index (κ2) is 9.93. The van der Waals surface area contributed by atoms with Crippen molar-refractivity contribution in [3.05, 3.63) is 53.1 Å². The molecule has 9 heteroatoms. The molecule has 0 saturated carbocycles. The summed E-state index contributed by atoms with van der Waals surface area (Å²) in [5.74, 6) is 1.58. The maximum Gasteiger partial charge on any atom is 0.241 e. The van der Waals surface area contributed by atoms with Crippen molar-refractivity contribution in [3.8, 4) is 11.5 Å². The van der Waals surface area contributed by atoms with Crippen LogP contribution in [0.15, 0.2) is 41.3 Å². The second-order valence-corrected chi connectivity index (χ2v) is 10.2. The molecule has 0 spiro atoms. The summed E-state index contributed by atoms with van der Waals surface area (Å²) in [5.41, 5.74) is 2.32. The van der Waals surface area contributed by atoms with Gasteiger partial charge in [0.1, 0.15) is 6.04 Å². The molecule has 31 heavy (non-hydrogen) atoms. The number of fused-ring (bicyclic) bond motifs is 1. The Morgan fingerprint density at radius 3 is 2.61 bits per heavy atom. The third kappa shape index (κ3) is 5.72. The number of carbonyl (C=O) groups excluding carboxylic acids is 1. The van der Waals surface area contributed by atoms with Crippen LogP contribution in [0.3, 0.4) is 0 Å². The molecule has 2 N–H and O–H groups in total. The van der Waals surface area contributed by atoms with Crippen LogP contribution in [0.1, 0.15) is 36.1 Å². The van der Waals surface area contributed by atoms with Crippen molar-refractivity contribution in [1.82, 2.24) is 10.0 Å². The Kier molecular flexibility index (Phi) is 7.51. The Balaban J connectivity index is 1.76. The van der Waals surface area contributed by atoms with Gasteiger partial charge in [0.15, 0.2) is 11.5 Å². The number of carbonyl (C=O) groups is 1. The van der Waals surface area contributed by atoms with Gasteiger partial charge >= 0.3 is 0 Å². The Morgan fingerprint density at radius 1 is 1.13 bits per heavy atom. The molecular formula is C22H28N2O5S2. The van der Waals surface area contributed by atoms with Crippen molar-refractivity contribution < 1.29 is 22.7 Å². The second-order valence-electron chi connectivity index (χ2n) is 7.57. The van der Waals surface area contributed by atoms with E-state index in [0.29, 0.717) is 29.2 Å². The molecule has 2 atom stereocenters. The average molecular weight is 465 g/mol. The van der Waals surface area contributed by atoms with Gasteiger partial charge in [-0.15, -0.1) is 0 Å². The van der Waals surface area contributed by atoms with Crippen LogP contribution in [0.4, 0.5) is 0 Å². The van der Waals surface area contributed by atoms with Gasteiger partial charge < -0.3 is 14.8 Å². The van der Waals surface area contributed by atoms with E-state index in [-0.39, 0.29) is 23.6 Å². The fourth-order valence-corrected chi connectivity index (χ4v) is 5.34. The maximum absolute atomic E-state index is 13.0. The fraction of sp³-hybridized carbons (Fsp3) is 0.409. The summed E-state index contributed by atoms with van der Waals surface area (Å²) in [4.78, 5) is 13.2. The molecule has 2 aromatic rings. The third-order valence-electron chi connectivity index (χ3n) is 5.11. The number of thioether (sulfide) groups is 1. The molecule has 1 aliphatic heterocycles. The highest BCUT2D eigenvalue weighted by Crippen LogP contribution is 2.34. The van der Waals surface area contributed by atoms with Crippen molar-refractivity contribution >= 4 is 27.7 Å². The van der Waals surface area contributed by atoms with Crippen molar-refractivity contribution in [2.24, 2.45) is 0 Å². The van der Waals surface area contributed by atoms with Gasteiger partial charge in [-0.2, -0.15) is 16.5 Å². The predicted molar refractivity (Wildman–Crippen MR) is 122 cm³/mol. The van der Waals surface area contributed by atoms with E-state index in [1.165, 1.54) is 0 Å². The number of nitrogens with one attached hydrogen (secondary N) is 2. The number of amides is 1. The summed E-state index contributed by atoms with van der Waals surface area (Å²) in [7, 11) is -3.85. The van der Waals surface area contributed by atoms with E-state index in [1.807, 2.05) is 38.3 Å². The van der Waals surface area contributed by atoms with Crippen molar-refractivity contribution in [3.63, 3.8) is 0 Å². The number of rotatable bonds is 9. The smallest absolute Gasteiger partial charge is 0.241 e. The molecule has 2 unspecified atom stereocenters. The van der Waals surface area contributed by atoms with Crippen LogP contribution in [-0.4, -0.2) is 39.2 Å². The van der Waals surface area contributed by atoms with Crippen LogP contribution in [0, 0.1) is 13.8 Å². The number of benzene rings is 2. The Hall–Kier alpha value is -2.23. The summed E-state index contributed by atoms with van der Waals surface area (Å²) in [6, 6.07) is 9.52. The van der Waals surface area contributed by atoms with Gasteiger partial charge in [0, 0.05) is 0 Å². The monoisotopic (exact) mass is 464 g/mol. The zero-order valence-electron chi connectivity index (χ0n) is 18.1. The first-order chi connectivity index (χ1) is 14.7. The summed E-state index contributed by atoms with van der Waals surface area (Å²) >= 11 is 1.56. The number of hydrogen-bond donors (Lipinski definition) is 2. The van der Waals surface area contributed by atoms with Gasteiger partial charge in [-0.05, 0) is 74.1 Å². The predicted octanol–water partition coefficient (Wildman–Crippen LogP) is 3.31. The highest BCUT2D eigenvalue weighted by Gasteiger charge is 2.28. The lowest BCUT2D eigenvalue weighted by Crippen LogP contribution is -2.47. The molecule has 0 bridgehead atoms. The lowest BCUT2D eigenvalue weighted by molar-refractivity contribution is -0.123. The van der Waals surface area contributed by atoms with Gasteiger partial charge in [-0.3, -0.25) is 4.79 Å². The fourth-order valence-electron chi connectivity index (χ4n) is 3.31. The molecular weight excluding hydrogens is 436 g/mol. The molecule has 1 amide bonds. The first kappa shape index (κ1) is 23.4. The van der Waals surface area contributed by atoms with Crippen molar-refractivity contribution in [1.29, 1.82) is 0 Å². The van der Waals surface area contributed by atoms with E-state index in [1.54, 1.807) is 36.9 Å². The molecule has 3 rings (SSSR count). The molecule has 0 radical (unpaired) electrons. The van der Waals surface area contributed by atoms with E-state index >= 15 is 0 Å². The SMILES string of the molecule is CSCCC(NS(=O)(=O)c1cc(C)ccc1C)C(=O)NC(C)c1ccc2c(c1)OCO2. The highest BCUT2D eigenvalue weighted by atomic mass is 32.2. The summed E-state index contributed by atoms with van der Waals surface area (Å²) < 4.78 is 39.4. The summed E-state index contributed by atoms with van der Waals surface area (Å²) in [5, 5.41) is 2.92. The van der Waals surface area contributed by atoms with E-state index in [4.69, 9.17) is 9.47 Å². The lowest BCUT2D eigenvalue weighted by Gasteiger charge is -2.22.